The van der Waals surface area contributed by atoms with Crippen molar-refractivity contribution in [3.63, 3.8) is 0 Å². The Labute approximate surface area is 175 Å². The molecule has 5 nitrogen and oxygen atoms in total. The molecule has 150 valence electrons. The minimum Gasteiger partial charge on any atom is -0.459 e. The Morgan fingerprint density at radius 2 is 1.69 bits per heavy atom. The lowest BCUT2D eigenvalue weighted by Crippen LogP contribution is -2.24. The van der Waals surface area contributed by atoms with Crippen LogP contribution in [0.25, 0.3) is 0 Å². The van der Waals surface area contributed by atoms with E-state index in [1.165, 1.54) is 18.3 Å². The van der Waals surface area contributed by atoms with Crippen LogP contribution in [0, 0.1) is 20.8 Å². The zero-order valence-electron chi connectivity index (χ0n) is 17.1. The molecule has 0 radical (unpaired) electrons. The summed E-state index contributed by atoms with van der Waals surface area (Å²) in [5.41, 5.74) is 5.54. The van der Waals surface area contributed by atoms with E-state index in [0.29, 0.717) is 10.8 Å². The minimum atomic E-state index is -0.304. The van der Waals surface area contributed by atoms with Crippen molar-refractivity contribution < 1.29 is 14.3 Å². The van der Waals surface area contributed by atoms with Crippen molar-refractivity contribution >= 4 is 34.0 Å². The summed E-state index contributed by atoms with van der Waals surface area (Å²) in [7, 11) is 0. The fourth-order valence-corrected chi connectivity index (χ4v) is 3.95. The SMILES string of the molecule is CC(=O)N(c1nc(COC(=O)Cc2ccc(C)cc2)cs1)c1c(C)cccc1C. The molecule has 0 N–H and O–H groups in total. The van der Waals surface area contributed by atoms with E-state index in [2.05, 4.69) is 4.98 Å². The number of hydrogen-bond donors (Lipinski definition) is 0. The number of ether oxygens (including phenoxy) is 1. The van der Waals surface area contributed by atoms with E-state index >= 15 is 0 Å². The molecule has 1 aromatic heterocycles. The molecule has 0 bridgehead atoms. The van der Waals surface area contributed by atoms with Gasteiger partial charge in [0.05, 0.1) is 17.8 Å². The van der Waals surface area contributed by atoms with Crippen LogP contribution in [0.4, 0.5) is 10.8 Å². The first-order chi connectivity index (χ1) is 13.8. The Hall–Kier alpha value is -2.99. The van der Waals surface area contributed by atoms with E-state index < -0.39 is 0 Å². The highest BCUT2D eigenvalue weighted by atomic mass is 32.1. The molecular formula is C23H24N2O3S. The molecule has 3 aromatic rings. The standard InChI is InChI=1S/C23H24N2O3S/c1-15-8-10-19(11-9-15)12-21(27)28-13-20-14-29-23(24-20)25(18(4)26)22-16(2)6-5-7-17(22)3/h5-11,14H,12-13H2,1-4H3. The largest absolute Gasteiger partial charge is 0.459 e. The first-order valence-corrected chi connectivity index (χ1v) is 10.3. The summed E-state index contributed by atoms with van der Waals surface area (Å²) in [6.45, 7) is 7.55. The highest BCUT2D eigenvalue weighted by Gasteiger charge is 2.21. The zero-order valence-corrected chi connectivity index (χ0v) is 17.9. The molecule has 3 rings (SSSR count). The maximum Gasteiger partial charge on any atom is 0.310 e. The summed E-state index contributed by atoms with van der Waals surface area (Å²) >= 11 is 1.36. The number of carbonyl (C=O) groups is 2. The van der Waals surface area contributed by atoms with Crippen LogP contribution in [-0.2, 0) is 27.4 Å². The van der Waals surface area contributed by atoms with E-state index in [-0.39, 0.29) is 24.9 Å². The quantitative estimate of drug-likeness (QED) is 0.536. The average molecular weight is 409 g/mol. The zero-order chi connectivity index (χ0) is 21.0. The van der Waals surface area contributed by atoms with Crippen molar-refractivity contribution in [2.75, 3.05) is 4.90 Å². The lowest BCUT2D eigenvalue weighted by Gasteiger charge is -2.22. The van der Waals surface area contributed by atoms with Crippen LogP contribution in [0.1, 0.15) is 34.9 Å². The van der Waals surface area contributed by atoms with Gasteiger partial charge in [0.25, 0.3) is 0 Å². The van der Waals surface area contributed by atoms with Gasteiger partial charge in [-0.3, -0.25) is 14.5 Å². The molecule has 1 amide bonds. The Bertz CT molecular complexity index is 1000. The molecule has 0 spiro atoms. The summed E-state index contributed by atoms with van der Waals surface area (Å²) in [6, 6.07) is 13.7. The van der Waals surface area contributed by atoms with Crippen LogP contribution in [0.2, 0.25) is 0 Å². The van der Waals surface area contributed by atoms with Crippen LogP contribution in [0.3, 0.4) is 0 Å². The monoisotopic (exact) mass is 408 g/mol. The average Bonchev–Trinajstić information content (AvgIpc) is 3.13. The van der Waals surface area contributed by atoms with Crippen molar-refractivity contribution in [1.82, 2.24) is 4.98 Å². The molecule has 0 aliphatic carbocycles. The number of rotatable bonds is 6. The highest BCUT2D eigenvalue weighted by molar-refractivity contribution is 7.14. The van der Waals surface area contributed by atoms with Gasteiger partial charge in [0.2, 0.25) is 5.91 Å². The van der Waals surface area contributed by atoms with Gasteiger partial charge in [-0.05, 0) is 37.5 Å². The van der Waals surface area contributed by atoms with Crippen LogP contribution in [0.15, 0.2) is 47.8 Å². The molecule has 6 heteroatoms. The van der Waals surface area contributed by atoms with Gasteiger partial charge in [-0.15, -0.1) is 11.3 Å². The first-order valence-electron chi connectivity index (χ1n) is 9.37. The van der Waals surface area contributed by atoms with Gasteiger partial charge in [0.15, 0.2) is 5.13 Å². The van der Waals surface area contributed by atoms with E-state index in [1.54, 1.807) is 4.90 Å². The fraction of sp³-hybridized carbons (Fsp3) is 0.261. The lowest BCUT2D eigenvalue weighted by molar-refractivity contribution is -0.144. The Kier molecular flexibility index (Phi) is 6.44. The van der Waals surface area contributed by atoms with E-state index in [9.17, 15) is 9.59 Å². The van der Waals surface area contributed by atoms with Crippen molar-refractivity contribution in [3.05, 3.63) is 75.8 Å². The van der Waals surface area contributed by atoms with Crippen LogP contribution < -0.4 is 4.90 Å². The number of aryl methyl sites for hydroxylation is 3. The normalized spacial score (nSPS) is 10.6. The number of aromatic nitrogens is 1. The third-order valence-corrected chi connectivity index (χ3v) is 5.43. The van der Waals surface area contributed by atoms with E-state index in [0.717, 1.165) is 27.9 Å². The smallest absolute Gasteiger partial charge is 0.310 e. The number of para-hydroxylation sites is 1. The summed E-state index contributed by atoms with van der Waals surface area (Å²) in [5, 5.41) is 2.39. The van der Waals surface area contributed by atoms with Gasteiger partial charge < -0.3 is 4.74 Å². The summed E-state index contributed by atoms with van der Waals surface area (Å²) < 4.78 is 5.37. The lowest BCUT2D eigenvalue weighted by atomic mass is 10.1. The number of hydrogen-bond acceptors (Lipinski definition) is 5. The Morgan fingerprint density at radius 3 is 2.31 bits per heavy atom. The molecular weight excluding hydrogens is 384 g/mol. The van der Waals surface area contributed by atoms with Gasteiger partial charge >= 0.3 is 5.97 Å². The molecule has 0 saturated carbocycles. The predicted octanol–water partition coefficient (Wildman–Crippen LogP) is 5.04. The Morgan fingerprint density at radius 1 is 1.03 bits per heavy atom. The molecule has 29 heavy (non-hydrogen) atoms. The number of carbonyl (C=O) groups excluding carboxylic acids is 2. The third kappa shape index (κ3) is 5.09. The van der Waals surface area contributed by atoms with Crippen molar-refractivity contribution in [1.29, 1.82) is 0 Å². The van der Waals surface area contributed by atoms with E-state index in [1.807, 2.05) is 68.6 Å². The van der Waals surface area contributed by atoms with Gasteiger partial charge in [-0.25, -0.2) is 4.98 Å². The van der Waals surface area contributed by atoms with Gasteiger partial charge in [0, 0.05) is 12.3 Å². The molecule has 0 saturated heterocycles. The molecule has 0 aliphatic heterocycles. The number of anilines is 2. The second-order valence-electron chi connectivity index (χ2n) is 7.04. The Balaban J connectivity index is 1.69. The first kappa shape index (κ1) is 20.7. The van der Waals surface area contributed by atoms with Crippen molar-refractivity contribution in [2.24, 2.45) is 0 Å². The maximum atomic E-state index is 12.4. The van der Waals surface area contributed by atoms with Crippen LogP contribution in [-0.4, -0.2) is 16.9 Å². The minimum absolute atomic E-state index is 0.0830. The number of thiazole rings is 1. The number of nitrogens with zero attached hydrogens (tertiary/aromatic N) is 2. The molecule has 0 unspecified atom stereocenters. The van der Waals surface area contributed by atoms with Gasteiger partial charge in [0.1, 0.15) is 6.61 Å². The topological polar surface area (TPSA) is 59.5 Å². The van der Waals surface area contributed by atoms with Gasteiger partial charge in [-0.2, -0.15) is 0 Å². The predicted molar refractivity (Wildman–Crippen MR) is 116 cm³/mol. The maximum absolute atomic E-state index is 12.4. The van der Waals surface area contributed by atoms with Crippen LogP contribution in [0.5, 0.6) is 0 Å². The number of benzene rings is 2. The van der Waals surface area contributed by atoms with Crippen LogP contribution >= 0.6 is 11.3 Å². The van der Waals surface area contributed by atoms with Gasteiger partial charge in [-0.1, -0.05) is 48.0 Å². The highest BCUT2D eigenvalue weighted by Crippen LogP contribution is 2.33. The summed E-state index contributed by atoms with van der Waals surface area (Å²) in [4.78, 5) is 30.6. The fourth-order valence-electron chi connectivity index (χ4n) is 3.09. The number of amides is 1. The second-order valence-corrected chi connectivity index (χ2v) is 7.88. The molecule has 0 atom stereocenters. The second kappa shape index (κ2) is 9.01. The van der Waals surface area contributed by atoms with E-state index in [4.69, 9.17) is 4.74 Å². The molecule has 0 fully saturated rings. The number of esters is 1. The molecule has 0 aliphatic rings. The molecule has 2 aromatic carbocycles. The third-order valence-electron chi connectivity index (χ3n) is 4.56. The van der Waals surface area contributed by atoms with Crippen molar-refractivity contribution in [3.8, 4) is 0 Å². The summed E-state index contributed by atoms with van der Waals surface area (Å²) in [5.74, 6) is -0.416. The molecule has 1 heterocycles. The van der Waals surface area contributed by atoms with Crippen molar-refractivity contribution in [2.45, 2.75) is 40.7 Å². The summed E-state index contributed by atoms with van der Waals surface area (Å²) in [6.07, 6.45) is 0.221.